The van der Waals surface area contributed by atoms with Gasteiger partial charge in [-0.15, -0.1) is 0 Å². The summed E-state index contributed by atoms with van der Waals surface area (Å²) < 4.78 is 10.3. The van der Waals surface area contributed by atoms with E-state index in [4.69, 9.17) is 9.47 Å². The first-order valence-electron chi connectivity index (χ1n) is 8.92. The van der Waals surface area contributed by atoms with Gasteiger partial charge in [-0.05, 0) is 31.2 Å². The molecule has 1 aromatic heterocycles. The van der Waals surface area contributed by atoms with E-state index in [1.165, 1.54) is 12.4 Å². The van der Waals surface area contributed by atoms with Gasteiger partial charge in [-0.2, -0.15) is 0 Å². The fraction of sp³-hybridized carbons (Fsp3) is 0.143. The number of carbonyl (C=O) groups is 2. The normalized spacial score (nSPS) is 10.1. The maximum atomic E-state index is 12.5. The van der Waals surface area contributed by atoms with Crippen LogP contribution in [0.4, 0.5) is 17.3 Å². The Morgan fingerprint density at radius 2 is 1.62 bits per heavy atom. The molecule has 148 valence electrons. The monoisotopic (exact) mass is 392 g/mol. The Hall–Kier alpha value is -3.94. The molecule has 1 heterocycles. The molecule has 0 saturated heterocycles. The molecule has 0 unspecified atom stereocenters. The Morgan fingerprint density at radius 3 is 2.31 bits per heavy atom. The van der Waals surface area contributed by atoms with E-state index >= 15 is 0 Å². The SMILES string of the molecule is CCOC(=O)c1ccccc1NC(=O)c1cnc(Nc2ccccc2OC)nc1. The zero-order chi connectivity index (χ0) is 20.6. The quantitative estimate of drug-likeness (QED) is 0.592. The lowest BCUT2D eigenvalue weighted by atomic mass is 10.1. The lowest BCUT2D eigenvalue weighted by molar-refractivity contribution is 0.0527. The van der Waals surface area contributed by atoms with E-state index in [0.717, 1.165) is 0 Å². The van der Waals surface area contributed by atoms with Crippen LogP contribution in [-0.2, 0) is 4.74 Å². The van der Waals surface area contributed by atoms with Crippen molar-refractivity contribution < 1.29 is 19.1 Å². The first-order chi connectivity index (χ1) is 14.1. The van der Waals surface area contributed by atoms with E-state index in [-0.39, 0.29) is 17.7 Å². The van der Waals surface area contributed by atoms with Crippen molar-refractivity contribution in [1.29, 1.82) is 0 Å². The predicted molar refractivity (Wildman–Crippen MR) is 109 cm³/mol. The van der Waals surface area contributed by atoms with Gasteiger partial charge in [-0.3, -0.25) is 4.79 Å². The Balaban J connectivity index is 1.72. The van der Waals surface area contributed by atoms with Crippen LogP contribution in [-0.4, -0.2) is 35.6 Å². The fourth-order valence-electron chi connectivity index (χ4n) is 2.55. The minimum absolute atomic E-state index is 0.245. The van der Waals surface area contributed by atoms with Gasteiger partial charge in [0.25, 0.3) is 5.91 Å². The fourth-order valence-corrected chi connectivity index (χ4v) is 2.55. The molecule has 0 fully saturated rings. The number of esters is 1. The summed E-state index contributed by atoms with van der Waals surface area (Å²) in [5.74, 6) is 0.0214. The minimum atomic E-state index is -0.504. The number of para-hydroxylation sites is 3. The van der Waals surface area contributed by atoms with Crippen LogP contribution in [0, 0.1) is 0 Å². The lowest BCUT2D eigenvalue weighted by Crippen LogP contribution is -2.16. The van der Waals surface area contributed by atoms with Gasteiger partial charge < -0.3 is 20.1 Å². The molecule has 1 amide bonds. The topological polar surface area (TPSA) is 102 Å². The van der Waals surface area contributed by atoms with Gasteiger partial charge >= 0.3 is 5.97 Å². The maximum absolute atomic E-state index is 12.5. The van der Waals surface area contributed by atoms with E-state index in [1.807, 2.05) is 24.3 Å². The van der Waals surface area contributed by atoms with Crippen molar-refractivity contribution in [3.63, 3.8) is 0 Å². The van der Waals surface area contributed by atoms with Crippen molar-refractivity contribution in [3.8, 4) is 5.75 Å². The molecule has 0 aliphatic rings. The molecular weight excluding hydrogens is 372 g/mol. The van der Waals surface area contributed by atoms with Crippen molar-refractivity contribution in [2.75, 3.05) is 24.4 Å². The largest absolute Gasteiger partial charge is 0.495 e. The third-order valence-corrected chi connectivity index (χ3v) is 3.94. The Labute approximate surface area is 167 Å². The number of hydrogen-bond acceptors (Lipinski definition) is 7. The molecule has 0 bridgehead atoms. The third kappa shape index (κ3) is 4.86. The summed E-state index contributed by atoms with van der Waals surface area (Å²) in [6.45, 7) is 1.96. The van der Waals surface area contributed by atoms with Crippen molar-refractivity contribution in [2.24, 2.45) is 0 Å². The Morgan fingerprint density at radius 1 is 0.966 bits per heavy atom. The van der Waals surface area contributed by atoms with E-state index in [9.17, 15) is 9.59 Å². The van der Waals surface area contributed by atoms with Crippen molar-refractivity contribution in [2.45, 2.75) is 6.92 Å². The molecule has 3 rings (SSSR count). The van der Waals surface area contributed by atoms with Gasteiger partial charge in [0.15, 0.2) is 0 Å². The summed E-state index contributed by atoms with van der Waals surface area (Å²) in [6, 6.07) is 14.0. The van der Waals surface area contributed by atoms with Crippen LogP contribution in [0.3, 0.4) is 0 Å². The maximum Gasteiger partial charge on any atom is 0.340 e. The third-order valence-electron chi connectivity index (χ3n) is 3.94. The van der Waals surface area contributed by atoms with E-state index in [0.29, 0.717) is 23.1 Å². The number of aromatic nitrogens is 2. The van der Waals surface area contributed by atoms with Gasteiger partial charge in [0, 0.05) is 12.4 Å². The molecule has 0 saturated carbocycles. The van der Waals surface area contributed by atoms with Crippen LogP contribution >= 0.6 is 0 Å². The zero-order valence-electron chi connectivity index (χ0n) is 16.0. The number of benzene rings is 2. The summed E-state index contributed by atoms with van der Waals surface area (Å²) in [4.78, 5) is 32.9. The molecule has 0 atom stereocenters. The van der Waals surface area contributed by atoms with Crippen molar-refractivity contribution in [1.82, 2.24) is 9.97 Å². The number of amides is 1. The summed E-state index contributed by atoms with van der Waals surface area (Å²) in [7, 11) is 1.57. The average Bonchev–Trinajstić information content (AvgIpc) is 2.75. The number of ether oxygens (including phenoxy) is 2. The summed E-state index contributed by atoms with van der Waals surface area (Å²) >= 11 is 0. The number of nitrogens with zero attached hydrogens (tertiary/aromatic N) is 2. The van der Waals surface area contributed by atoms with Gasteiger partial charge in [-0.1, -0.05) is 24.3 Å². The van der Waals surface area contributed by atoms with Crippen LogP contribution < -0.4 is 15.4 Å². The van der Waals surface area contributed by atoms with E-state index in [1.54, 1.807) is 38.3 Å². The molecule has 29 heavy (non-hydrogen) atoms. The second kappa shape index (κ2) is 9.32. The highest BCUT2D eigenvalue weighted by molar-refractivity contribution is 6.07. The standard InChI is InChI=1S/C21H20N4O4/c1-3-29-20(27)15-8-4-5-9-16(15)24-19(26)14-12-22-21(23-13-14)25-17-10-6-7-11-18(17)28-2/h4-13H,3H2,1-2H3,(H,24,26)(H,22,23,25). The van der Waals surface area contributed by atoms with Gasteiger partial charge in [0.1, 0.15) is 5.75 Å². The summed E-state index contributed by atoms with van der Waals surface area (Å²) in [6.07, 6.45) is 2.79. The first kappa shape index (κ1) is 19.8. The summed E-state index contributed by atoms with van der Waals surface area (Å²) in [5.41, 5.74) is 1.58. The number of hydrogen-bond donors (Lipinski definition) is 2. The van der Waals surface area contributed by atoms with Crippen LogP contribution in [0.5, 0.6) is 5.75 Å². The average molecular weight is 392 g/mol. The highest BCUT2D eigenvalue weighted by atomic mass is 16.5. The van der Waals surface area contributed by atoms with Crippen LogP contribution in [0.25, 0.3) is 0 Å². The van der Waals surface area contributed by atoms with Crippen LogP contribution in [0.1, 0.15) is 27.6 Å². The molecule has 2 N–H and O–H groups in total. The molecule has 0 radical (unpaired) electrons. The van der Waals surface area contributed by atoms with Crippen LogP contribution in [0.2, 0.25) is 0 Å². The number of rotatable bonds is 7. The molecule has 8 nitrogen and oxygen atoms in total. The van der Waals surface area contributed by atoms with E-state index < -0.39 is 11.9 Å². The van der Waals surface area contributed by atoms with Gasteiger partial charge in [0.2, 0.25) is 5.95 Å². The second-order valence-electron chi connectivity index (χ2n) is 5.84. The number of methoxy groups -OCH3 is 1. The smallest absolute Gasteiger partial charge is 0.340 e. The number of carbonyl (C=O) groups excluding carboxylic acids is 2. The molecule has 0 aliphatic heterocycles. The highest BCUT2D eigenvalue weighted by Crippen LogP contribution is 2.25. The Bertz CT molecular complexity index is 1010. The zero-order valence-corrected chi connectivity index (χ0v) is 16.0. The highest BCUT2D eigenvalue weighted by Gasteiger charge is 2.15. The van der Waals surface area contributed by atoms with Crippen molar-refractivity contribution >= 4 is 29.2 Å². The molecule has 8 heteroatoms. The van der Waals surface area contributed by atoms with Gasteiger partial charge in [0.05, 0.1) is 36.2 Å². The van der Waals surface area contributed by atoms with Crippen LogP contribution in [0.15, 0.2) is 60.9 Å². The first-order valence-corrected chi connectivity index (χ1v) is 8.92. The molecular formula is C21H20N4O4. The molecule has 0 spiro atoms. The number of nitrogens with one attached hydrogen (secondary N) is 2. The van der Waals surface area contributed by atoms with Crippen molar-refractivity contribution in [3.05, 3.63) is 72.1 Å². The minimum Gasteiger partial charge on any atom is -0.495 e. The number of anilines is 3. The molecule has 2 aromatic carbocycles. The predicted octanol–water partition coefficient (Wildman–Crippen LogP) is 3.66. The lowest BCUT2D eigenvalue weighted by Gasteiger charge is -2.11. The van der Waals surface area contributed by atoms with E-state index in [2.05, 4.69) is 20.6 Å². The Kier molecular flexibility index (Phi) is 6.36. The molecule has 3 aromatic rings. The molecule has 0 aliphatic carbocycles. The summed E-state index contributed by atoms with van der Waals surface area (Å²) in [5, 5.41) is 5.73. The van der Waals surface area contributed by atoms with Gasteiger partial charge in [-0.25, -0.2) is 14.8 Å². The second-order valence-corrected chi connectivity index (χ2v) is 5.84.